The van der Waals surface area contributed by atoms with Crippen molar-refractivity contribution in [3.63, 3.8) is 0 Å². The summed E-state index contributed by atoms with van der Waals surface area (Å²) < 4.78 is 31.2. The van der Waals surface area contributed by atoms with Crippen molar-refractivity contribution in [2.24, 2.45) is 0 Å². The fourth-order valence-electron chi connectivity index (χ4n) is 3.40. The molecule has 3 heterocycles. The van der Waals surface area contributed by atoms with Crippen molar-refractivity contribution in [3.05, 3.63) is 65.4 Å². The molecular formula is C21H20F2N7RbRe. The first kappa shape index (κ1) is 27.3. The topological polar surface area (TPSA) is 92.3 Å². The number of pyridine rings is 1. The van der Waals surface area contributed by atoms with Crippen LogP contribution in [0.25, 0.3) is 28.0 Å². The zero-order valence-electron chi connectivity index (χ0n) is 18.1. The van der Waals surface area contributed by atoms with Gasteiger partial charge in [0.25, 0.3) is 0 Å². The Morgan fingerprint density at radius 1 is 1.06 bits per heavy atom. The molecule has 2 N–H and O–H groups in total. The number of rotatable bonds is 5. The van der Waals surface area contributed by atoms with Crippen molar-refractivity contribution >= 4 is 22.8 Å². The predicted octanol–water partition coefficient (Wildman–Crippen LogP) is 2.35. The molecule has 7 nitrogen and oxygen atoms in total. The van der Waals surface area contributed by atoms with Crippen molar-refractivity contribution in [1.82, 2.24) is 24.5 Å². The molecule has 0 spiro atoms. The number of aromatic nitrogens is 5. The third-order valence-corrected chi connectivity index (χ3v) is 4.73. The van der Waals surface area contributed by atoms with Gasteiger partial charge >= 0.3 is 58.2 Å². The van der Waals surface area contributed by atoms with Crippen LogP contribution >= 0.6 is 0 Å². The van der Waals surface area contributed by atoms with Gasteiger partial charge in [-0.05, 0) is 39.0 Å². The van der Waals surface area contributed by atoms with E-state index in [1.807, 2.05) is 25.3 Å². The molecule has 0 bridgehead atoms. The fourth-order valence-corrected chi connectivity index (χ4v) is 3.40. The van der Waals surface area contributed by atoms with E-state index < -0.39 is 11.6 Å². The van der Waals surface area contributed by atoms with Gasteiger partial charge in [0.15, 0.2) is 11.6 Å². The number of nitrogens with one attached hydrogen (secondary N) is 2. The third-order valence-electron chi connectivity index (χ3n) is 4.73. The van der Waals surface area contributed by atoms with E-state index in [1.54, 1.807) is 24.4 Å². The number of hydrogen-bond donors (Lipinski definition) is 1. The van der Waals surface area contributed by atoms with E-state index in [-0.39, 0.29) is 108 Å². The second-order valence-corrected chi connectivity index (χ2v) is 7.19. The Hall–Kier alpha value is -0.992. The molecule has 1 radical (unpaired) electrons. The van der Waals surface area contributed by atoms with Gasteiger partial charge in [0.1, 0.15) is 22.9 Å². The summed E-state index contributed by atoms with van der Waals surface area (Å²) in [6.07, 6.45) is 2.61. The predicted molar refractivity (Wildman–Crippen MR) is 111 cm³/mol. The van der Waals surface area contributed by atoms with Crippen molar-refractivity contribution in [2.75, 3.05) is 5.32 Å². The minimum Gasteiger partial charge on any atom is -0.674 e. The van der Waals surface area contributed by atoms with Gasteiger partial charge in [-0.3, -0.25) is 0 Å². The van der Waals surface area contributed by atoms with Crippen LogP contribution in [0.5, 0.6) is 0 Å². The summed E-state index contributed by atoms with van der Waals surface area (Å²) in [6.45, 7) is 5.90. The molecule has 3 aromatic heterocycles. The number of halogens is 2. The van der Waals surface area contributed by atoms with E-state index in [1.165, 1.54) is 6.07 Å². The van der Waals surface area contributed by atoms with Crippen LogP contribution in [-0.2, 0) is 27.0 Å². The molecule has 161 valence electrons. The second kappa shape index (κ2) is 11.4. The van der Waals surface area contributed by atoms with Crippen LogP contribution in [-0.4, -0.2) is 24.5 Å². The van der Waals surface area contributed by atoms with Crippen molar-refractivity contribution in [1.29, 1.82) is 0 Å². The summed E-state index contributed by atoms with van der Waals surface area (Å²) in [7, 11) is 0. The quantitative estimate of drug-likeness (QED) is 0.350. The van der Waals surface area contributed by atoms with E-state index >= 15 is 0 Å². The van der Waals surface area contributed by atoms with Gasteiger partial charge in [-0.2, -0.15) is 0 Å². The first-order valence-electron chi connectivity index (χ1n) is 9.45. The maximum atomic E-state index is 14.8. The van der Waals surface area contributed by atoms with Gasteiger partial charge in [-0.15, -0.1) is 6.54 Å². The Morgan fingerprint density at radius 2 is 1.81 bits per heavy atom. The summed E-state index contributed by atoms with van der Waals surface area (Å²) >= 11 is 0. The van der Waals surface area contributed by atoms with Crippen molar-refractivity contribution in [3.8, 4) is 11.3 Å². The van der Waals surface area contributed by atoms with E-state index in [0.717, 1.165) is 11.8 Å². The molecule has 0 amide bonds. The van der Waals surface area contributed by atoms with Gasteiger partial charge in [0, 0.05) is 38.2 Å². The van der Waals surface area contributed by atoms with Crippen LogP contribution in [0, 0.1) is 18.6 Å². The van der Waals surface area contributed by atoms with Gasteiger partial charge in [-0.1, -0.05) is 11.6 Å². The largest absolute Gasteiger partial charge is 1.00 e. The van der Waals surface area contributed by atoms with E-state index in [2.05, 4.69) is 25.3 Å². The summed E-state index contributed by atoms with van der Waals surface area (Å²) in [5, 5.41) is 2.91. The fraction of sp³-hybridized carbons (Fsp3) is 0.238. The van der Waals surface area contributed by atoms with Crippen LogP contribution in [0.2, 0.25) is 0 Å². The number of fused-ring (bicyclic) bond motifs is 1. The van der Waals surface area contributed by atoms with E-state index in [4.69, 9.17) is 5.73 Å². The van der Waals surface area contributed by atoms with Gasteiger partial charge in [-0.25, -0.2) is 28.7 Å². The van der Waals surface area contributed by atoms with E-state index in [0.29, 0.717) is 22.7 Å². The molecule has 0 unspecified atom stereocenters. The molecule has 0 aliphatic carbocycles. The molecule has 0 aliphatic rings. The maximum absolute atomic E-state index is 14.8. The molecular weight excluding hydrogens is 660 g/mol. The first-order valence-corrected chi connectivity index (χ1v) is 9.45. The molecule has 0 aliphatic heterocycles. The molecule has 4 aromatic rings. The summed E-state index contributed by atoms with van der Waals surface area (Å²) in [5.74, 6) is 0.0737. The zero-order chi connectivity index (χ0) is 21.4. The van der Waals surface area contributed by atoms with Gasteiger partial charge in [0.05, 0.1) is 11.7 Å². The van der Waals surface area contributed by atoms with Crippen molar-refractivity contribution < 1.29 is 87.4 Å². The Morgan fingerprint density at radius 3 is 2.44 bits per heavy atom. The molecule has 0 saturated heterocycles. The summed E-state index contributed by atoms with van der Waals surface area (Å²) in [6, 6.07) is 6.43. The monoisotopic (exact) mass is 680 g/mol. The smallest absolute Gasteiger partial charge is 0.674 e. The molecule has 0 saturated carbocycles. The Balaban J connectivity index is 0.00000181. The minimum atomic E-state index is -0.663. The SMILES string of the molecule is Cc1nc2c(F)cc(-c3nc(Nc4ccc(C[NH-])cn4)ncc3F)cc2n1C(C)C.[Rb+].[Re]. The normalized spacial score (nSPS) is 10.7. The Kier molecular flexibility index (Phi) is 9.73. The third kappa shape index (κ3) is 5.55. The molecule has 4 rings (SSSR count). The molecule has 0 fully saturated rings. The number of imidazole rings is 1. The van der Waals surface area contributed by atoms with Gasteiger partial charge in [0.2, 0.25) is 5.95 Å². The number of benzene rings is 1. The number of anilines is 2. The number of hydrogen-bond acceptors (Lipinski definition) is 5. The molecule has 32 heavy (non-hydrogen) atoms. The average Bonchev–Trinajstić information content (AvgIpc) is 3.06. The van der Waals surface area contributed by atoms with Crippen molar-refractivity contribution in [2.45, 2.75) is 33.4 Å². The standard InChI is InChI=1S/C21H20F2N7.Rb.Re/c1-11(2)30-12(3)27-20-15(22)6-14(7-17(20)30)19-16(23)10-26-21(29-19)28-18-5-4-13(8-24)9-25-18;;/h4-7,9-11,24H,8H2,1-3H3,(H,25,26,28,29);;/q-1;+1;. The second-order valence-electron chi connectivity index (χ2n) is 7.19. The summed E-state index contributed by atoms with van der Waals surface area (Å²) in [4.78, 5) is 16.7. The van der Waals surface area contributed by atoms with Gasteiger partial charge < -0.3 is 15.6 Å². The first-order chi connectivity index (χ1) is 14.4. The number of nitrogens with zero attached hydrogens (tertiary/aromatic N) is 5. The molecule has 0 atom stereocenters. The van der Waals surface area contributed by atoms with Crippen LogP contribution < -0.4 is 63.5 Å². The summed E-state index contributed by atoms with van der Waals surface area (Å²) in [5.41, 5.74) is 9.20. The number of aryl methyl sites for hydroxylation is 1. The van der Waals surface area contributed by atoms with Crippen LogP contribution in [0.4, 0.5) is 20.5 Å². The van der Waals surface area contributed by atoms with Crippen LogP contribution in [0.15, 0.2) is 36.7 Å². The molecule has 11 heteroatoms. The zero-order valence-corrected chi connectivity index (χ0v) is 25.8. The Labute approximate surface area is 247 Å². The minimum absolute atomic E-state index is 0. The van der Waals surface area contributed by atoms with Crippen LogP contribution in [0.3, 0.4) is 0 Å². The molecule has 1 aromatic carbocycles. The maximum Gasteiger partial charge on any atom is 1.00 e. The Bertz CT molecular complexity index is 1230. The van der Waals surface area contributed by atoms with Crippen LogP contribution in [0.1, 0.15) is 31.3 Å². The average molecular weight is 680 g/mol. The van der Waals surface area contributed by atoms with E-state index in [9.17, 15) is 8.78 Å².